The third-order valence-electron chi connectivity index (χ3n) is 3.51. The van der Waals surface area contributed by atoms with Crippen molar-refractivity contribution in [2.75, 3.05) is 6.54 Å². The molecule has 0 saturated carbocycles. The van der Waals surface area contributed by atoms with Gasteiger partial charge in [0.25, 0.3) is 0 Å². The Morgan fingerprint density at radius 2 is 1.81 bits per heavy atom. The van der Waals surface area contributed by atoms with Gasteiger partial charge < -0.3 is 5.32 Å². The zero-order chi connectivity index (χ0) is 15.4. The van der Waals surface area contributed by atoms with E-state index in [1.54, 1.807) is 9.13 Å². The third kappa shape index (κ3) is 3.35. The van der Waals surface area contributed by atoms with Crippen molar-refractivity contribution in [2.45, 2.75) is 40.3 Å². The molecule has 5 heteroatoms. The fourth-order valence-electron chi connectivity index (χ4n) is 2.41. The van der Waals surface area contributed by atoms with E-state index >= 15 is 0 Å². The zero-order valence-electron chi connectivity index (χ0n) is 12.9. The highest BCUT2D eigenvalue weighted by molar-refractivity contribution is 5.77. The Bertz CT molecular complexity index is 682. The average Bonchev–Trinajstić information content (AvgIpc) is 2.74. The maximum absolute atomic E-state index is 12.4. The van der Waals surface area contributed by atoms with Gasteiger partial charge in [-0.2, -0.15) is 0 Å². The highest BCUT2D eigenvalue weighted by Gasteiger charge is 2.12. The second-order valence-electron chi connectivity index (χ2n) is 5.62. The molecular formula is C16H23N3O2. The number of nitrogens with zero attached hydrogens (tertiary/aromatic N) is 2. The van der Waals surface area contributed by atoms with Crippen LogP contribution in [-0.2, 0) is 17.9 Å². The van der Waals surface area contributed by atoms with E-state index in [0.29, 0.717) is 32.0 Å². The summed E-state index contributed by atoms with van der Waals surface area (Å²) in [4.78, 5) is 24.2. The van der Waals surface area contributed by atoms with Crippen molar-refractivity contribution in [2.24, 2.45) is 5.92 Å². The van der Waals surface area contributed by atoms with Crippen molar-refractivity contribution in [1.29, 1.82) is 0 Å². The minimum absolute atomic E-state index is 0.0103. The number of imidazole rings is 1. The summed E-state index contributed by atoms with van der Waals surface area (Å²) >= 11 is 0. The summed E-state index contributed by atoms with van der Waals surface area (Å²) in [6.07, 6.45) is 0.324. The van der Waals surface area contributed by atoms with Crippen LogP contribution in [0.3, 0.4) is 0 Å². The summed E-state index contributed by atoms with van der Waals surface area (Å²) in [6, 6.07) is 7.70. The zero-order valence-corrected chi connectivity index (χ0v) is 12.9. The van der Waals surface area contributed by atoms with Crippen LogP contribution in [0.4, 0.5) is 0 Å². The van der Waals surface area contributed by atoms with Crippen LogP contribution >= 0.6 is 0 Å². The summed E-state index contributed by atoms with van der Waals surface area (Å²) in [5.74, 6) is 0.419. The number of fused-ring (bicyclic) bond motifs is 1. The average molecular weight is 289 g/mol. The largest absolute Gasteiger partial charge is 0.356 e. The van der Waals surface area contributed by atoms with Crippen molar-refractivity contribution in [3.05, 3.63) is 34.7 Å². The molecule has 0 fully saturated rings. The number of rotatable bonds is 6. The van der Waals surface area contributed by atoms with E-state index in [1.165, 1.54) is 0 Å². The summed E-state index contributed by atoms with van der Waals surface area (Å²) < 4.78 is 3.43. The number of para-hydroxylation sites is 2. The molecule has 1 aromatic heterocycles. The molecule has 2 rings (SSSR count). The first-order valence-corrected chi connectivity index (χ1v) is 7.49. The van der Waals surface area contributed by atoms with E-state index in [4.69, 9.17) is 0 Å². The monoisotopic (exact) mass is 289 g/mol. The molecule has 2 aromatic rings. The number of carbonyl (C=O) groups excluding carboxylic acids is 1. The van der Waals surface area contributed by atoms with E-state index in [2.05, 4.69) is 19.2 Å². The molecule has 0 unspecified atom stereocenters. The van der Waals surface area contributed by atoms with Gasteiger partial charge in [0.05, 0.1) is 11.0 Å². The normalized spacial score (nSPS) is 11.2. The predicted octanol–water partition coefficient (Wildman–Crippen LogP) is 1.99. The van der Waals surface area contributed by atoms with E-state index < -0.39 is 0 Å². The number of benzene rings is 1. The summed E-state index contributed by atoms with van der Waals surface area (Å²) in [7, 11) is 0. The molecule has 0 bridgehead atoms. The van der Waals surface area contributed by atoms with Crippen LogP contribution in [0.2, 0.25) is 0 Å². The Morgan fingerprint density at radius 3 is 2.38 bits per heavy atom. The molecular weight excluding hydrogens is 266 g/mol. The van der Waals surface area contributed by atoms with Crippen LogP contribution in [0.5, 0.6) is 0 Å². The highest BCUT2D eigenvalue weighted by Crippen LogP contribution is 2.12. The van der Waals surface area contributed by atoms with Crippen LogP contribution in [0.25, 0.3) is 11.0 Å². The fraction of sp³-hybridized carbons (Fsp3) is 0.500. The molecule has 1 N–H and O–H groups in total. The molecule has 0 spiro atoms. The molecule has 0 aliphatic heterocycles. The summed E-state index contributed by atoms with van der Waals surface area (Å²) in [5.41, 5.74) is 1.77. The van der Waals surface area contributed by atoms with Gasteiger partial charge in [-0.3, -0.25) is 13.9 Å². The first kappa shape index (κ1) is 15.4. The number of aryl methyl sites for hydroxylation is 2. The first-order chi connectivity index (χ1) is 10.0. The molecule has 1 amide bonds. The lowest BCUT2D eigenvalue weighted by Gasteiger charge is -2.08. The second kappa shape index (κ2) is 6.61. The third-order valence-corrected chi connectivity index (χ3v) is 3.51. The molecule has 0 saturated heterocycles. The number of nitrogens with one attached hydrogen (secondary N) is 1. The number of carbonyl (C=O) groups is 1. The maximum Gasteiger partial charge on any atom is 0.329 e. The number of hydrogen-bond donors (Lipinski definition) is 1. The molecule has 1 aromatic carbocycles. The summed E-state index contributed by atoms with van der Waals surface area (Å²) in [6.45, 7) is 7.78. The van der Waals surface area contributed by atoms with Crippen LogP contribution in [0, 0.1) is 5.92 Å². The van der Waals surface area contributed by atoms with Crippen molar-refractivity contribution < 1.29 is 4.79 Å². The van der Waals surface area contributed by atoms with E-state index in [9.17, 15) is 9.59 Å². The van der Waals surface area contributed by atoms with E-state index in [1.807, 2.05) is 31.2 Å². The molecule has 0 aliphatic carbocycles. The summed E-state index contributed by atoms with van der Waals surface area (Å²) in [5, 5.41) is 2.88. The van der Waals surface area contributed by atoms with Gasteiger partial charge in [0.2, 0.25) is 5.91 Å². The Kier molecular flexibility index (Phi) is 4.83. The second-order valence-corrected chi connectivity index (χ2v) is 5.62. The van der Waals surface area contributed by atoms with Gasteiger partial charge in [0.1, 0.15) is 0 Å². The molecule has 1 heterocycles. The van der Waals surface area contributed by atoms with Gasteiger partial charge in [0, 0.05) is 26.1 Å². The molecule has 0 radical (unpaired) electrons. The molecule has 0 atom stereocenters. The number of amides is 1. The fourth-order valence-corrected chi connectivity index (χ4v) is 2.41. The SMILES string of the molecule is CCn1c(=O)n(CCC(=O)NCC(C)C)c2ccccc21. The van der Waals surface area contributed by atoms with Gasteiger partial charge in [0.15, 0.2) is 0 Å². The minimum atomic E-state index is -0.0460. The molecule has 5 nitrogen and oxygen atoms in total. The van der Waals surface area contributed by atoms with Gasteiger partial charge in [-0.1, -0.05) is 26.0 Å². The molecule has 114 valence electrons. The Labute approximate surface area is 124 Å². The van der Waals surface area contributed by atoms with Crippen LogP contribution < -0.4 is 11.0 Å². The molecule has 0 aliphatic rings. The standard InChI is InChI=1S/C16H23N3O2/c1-4-18-13-7-5-6-8-14(13)19(16(18)21)10-9-15(20)17-11-12(2)3/h5-8,12H,4,9-11H2,1-3H3,(H,17,20). The lowest BCUT2D eigenvalue weighted by Crippen LogP contribution is -2.30. The minimum Gasteiger partial charge on any atom is -0.356 e. The highest BCUT2D eigenvalue weighted by atomic mass is 16.2. The Balaban J connectivity index is 2.17. The van der Waals surface area contributed by atoms with Crippen molar-refractivity contribution >= 4 is 16.9 Å². The van der Waals surface area contributed by atoms with Gasteiger partial charge in [-0.15, -0.1) is 0 Å². The van der Waals surface area contributed by atoms with Gasteiger partial charge in [-0.05, 0) is 25.0 Å². The van der Waals surface area contributed by atoms with Crippen LogP contribution in [0.1, 0.15) is 27.2 Å². The van der Waals surface area contributed by atoms with E-state index in [-0.39, 0.29) is 11.6 Å². The maximum atomic E-state index is 12.4. The first-order valence-electron chi connectivity index (χ1n) is 7.49. The quantitative estimate of drug-likeness (QED) is 0.884. The lowest BCUT2D eigenvalue weighted by molar-refractivity contribution is -0.121. The van der Waals surface area contributed by atoms with E-state index in [0.717, 1.165) is 11.0 Å². The number of aromatic nitrogens is 2. The smallest absolute Gasteiger partial charge is 0.329 e. The number of hydrogen-bond acceptors (Lipinski definition) is 2. The van der Waals surface area contributed by atoms with Gasteiger partial charge >= 0.3 is 5.69 Å². The van der Waals surface area contributed by atoms with Crippen molar-refractivity contribution in [3.8, 4) is 0 Å². The topological polar surface area (TPSA) is 56.0 Å². The Hall–Kier alpha value is -2.04. The predicted molar refractivity (Wildman–Crippen MR) is 84.3 cm³/mol. The molecule has 21 heavy (non-hydrogen) atoms. The Morgan fingerprint density at radius 1 is 1.19 bits per heavy atom. The van der Waals surface area contributed by atoms with Gasteiger partial charge in [-0.25, -0.2) is 4.79 Å². The van der Waals surface area contributed by atoms with Crippen molar-refractivity contribution in [3.63, 3.8) is 0 Å². The van der Waals surface area contributed by atoms with Crippen LogP contribution in [-0.4, -0.2) is 21.6 Å². The van der Waals surface area contributed by atoms with Crippen molar-refractivity contribution in [1.82, 2.24) is 14.5 Å². The van der Waals surface area contributed by atoms with Crippen LogP contribution in [0.15, 0.2) is 29.1 Å². The lowest BCUT2D eigenvalue weighted by atomic mass is 10.2.